The van der Waals surface area contributed by atoms with Crippen molar-refractivity contribution in [1.29, 1.82) is 0 Å². The lowest BCUT2D eigenvalue weighted by Crippen LogP contribution is -2.38. The summed E-state index contributed by atoms with van der Waals surface area (Å²) in [4.78, 5) is 25.6. The van der Waals surface area contributed by atoms with Gasteiger partial charge in [0.1, 0.15) is 5.78 Å². The van der Waals surface area contributed by atoms with Crippen LogP contribution >= 0.6 is 0 Å². The van der Waals surface area contributed by atoms with Crippen molar-refractivity contribution in [3.63, 3.8) is 0 Å². The molecule has 4 heteroatoms. The maximum atomic E-state index is 11.8. The Hall–Kier alpha value is -0.900. The highest BCUT2D eigenvalue weighted by atomic mass is 16.1. The Bertz CT molecular complexity index is 345. The molecule has 0 aliphatic carbocycles. The minimum absolute atomic E-state index is 0.148. The molecule has 1 fully saturated rings. The van der Waals surface area contributed by atoms with Gasteiger partial charge in [-0.1, -0.05) is 26.7 Å². The molecule has 0 unspecified atom stereocenters. The molecule has 0 aromatic carbocycles. The van der Waals surface area contributed by atoms with Crippen molar-refractivity contribution in [2.45, 2.75) is 72.3 Å². The first-order valence-corrected chi connectivity index (χ1v) is 8.93. The number of nitrogens with one attached hydrogen (secondary N) is 1. The molecule has 0 bridgehead atoms. The van der Waals surface area contributed by atoms with Crippen LogP contribution in [0, 0.1) is 11.8 Å². The van der Waals surface area contributed by atoms with E-state index in [4.69, 9.17) is 0 Å². The van der Waals surface area contributed by atoms with Crippen molar-refractivity contribution in [2.24, 2.45) is 11.8 Å². The molecular formula is C18H34N2O2. The molecule has 22 heavy (non-hydrogen) atoms. The largest absolute Gasteiger partial charge is 0.354 e. The van der Waals surface area contributed by atoms with Crippen LogP contribution in [0.4, 0.5) is 0 Å². The lowest BCUT2D eigenvalue weighted by Gasteiger charge is -2.31. The summed E-state index contributed by atoms with van der Waals surface area (Å²) in [6.07, 6.45) is 6.40. The van der Waals surface area contributed by atoms with Gasteiger partial charge >= 0.3 is 0 Å². The smallest absolute Gasteiger partial charge is 0.220 e. The minimum Gasteiger partial charge on any atom is -0.354 e. The topological polar surface area (TPSA) is 49.4 Å². The van der Waals surface area contributed by atoms with Crippen LogP contribution in [0.5, 0.6) is 0 Å². The van der Waals surface area contributed by atoms with Gasteiger partial charge in [-0.05, 0) is 52.1 Å². The second kappa shape index (κ2) is 9.98. The van der Waals surface area contributed by atoms with Gasteiger partial charge in [0.2, 0.25) is 5.91 Å². The maximum absolute atomic E-state index is 11.8. The predicted octanol–water partition coefficient (Wildman–Crippen LogP) is 3.01. The second-order valence-corrected chi connectivity index (χ2v) is 7.31. The van der Waals surface area contributed by atoms with E-state index >= 15 is 0 Å². The van der Waals surface area contributed by atoms with Gasteiger partial charge in [0.05, 0.1) is 6.54 Å². The maximum Gasteiger partial charge on any atom is 0.220 e. The Balaban J connectivity index is 2.08. The van der Waals surface area contributed by atoms with E-state index in [2.05, 4.69) is 10.2 Å². The molecule has 0 saturated carbocycles. The lowest BCUT2D eigenvalue weighted by molar-refractivity contribution is -0.123. The molecule has 0 aromatic rings. The first-order chi connectivity index (χ1) is 10.4. The highest BCUT2D eigenvalue weighted by Crippen LogP contribution is 2.23. The molecule has 1 heterocycles. The van der Waals surface area contributed by atoms with Crippen LogP contribution < -0.4 is 5.32 Å². The standard InChI is InChI=1S/C18H34N2O2/c1-14(2)17(21)13-20-11-9-16(10-12-20)7-5-6-8-18(22)19-15(3)4/h14-16H,5-13H2,1-4H3,(H,19,22). The van der Waals surface area contributed by atoms with E-state index in [1.807, 2.05) is 27.7 Å². The Labute approximate surface area is 136 Å². The first kappa shape index (κ1) is 19.1. The number of amides is 1. The van der Waals surface area contributed by atoms with Crippen LogP contribution in [0.2, 0.25) is 0 Å². The van der Waals surface area contributed by atoms with E-state index in [1.54, 1.807) is 0 Å². The van der Waals surface area contributed by atoms with Crippen LogP contribution in [0.25, 0.3) is 0 Å². The summed E-state index contributed by atoms with van der Waals surface area (Å²) >= 11 is 0. The third kappa shape index (κ3) is 7.92. The van der Waals surface area contributed by atoms with Crippen molar-refractivity contribution in [1.82, 2.24) is 10.2 Å². The summed E-state index contributed by atoms with van der Waals surface area (Å²) < 4.78 is 0. The predicted molar refractivity (Wildman–Crippen MR) is 90.8 cm³/mol. The fraction of sp³-hybridized carbons (Fsp3) is 0.889. The van der Waals surface area contributed by atoms with E-state index in [-0.39, 0.29) is 17.9 Å². The summed E-state index contributed by atoms with van der Waals surface area (Å²) in [6, 6.07) is 0.241. The van der Waals surface area contributed by atoms with Gasteiger partial charge in [0.15, 0.2) is 0 Å². The summed E-state index contributed by atoms with van der Waals surface area (Å²) in [6.45, 7) is 10.7. The average Bonchev–Trinajstić information content (AvgIpc) is 2.44. The van der Waals surface area contributed by atoms with Crippen molar-refractivity contribution in [3.05, 3.63) is 0 Å². The monoisotopic (exact) mass is 310 g/mol. The van der Waals surface area contributed by atoms with Gasteiger partial charge in [0, 0.05) is 18.4 Å². The molecule has 4 nitrogen and oxygen atoms in total. The van der Waals surface area contributed by atoms with Crippen LogP contribution in [-0.2, 0) is 9.59 Å². The number of hydrogen-bond donors (Lipinski definition) is 1. The minimum atomic E-state index is 0.148. The molecule has 1 saturated heterocycles. The highest BCUT2D eigenvalue weighted by molar-refractivity contribution is 5.82. The molecule has 1 aliphatic heterocycles. The molecule has 1 N–H and O–H groups in total. The molecular weight excluding hydrogens is 276 g/mol. The van der Waals surface area contributed by atoms with Crippen molar-refractivity contribution < 1.29 is 9.59 Å². The zero-order chi connectivity index (χ0) is 16.5. The third-order valence-electron chi connectivity index (χ3n) is 4.45. The van der Waals surface area contributed by atoms with Crippen molar-refractivity contribution in [2.75, 3.05) is 19.6 Å². The summed E-state index contributed by atoms with van der Waals surface area (Å²) in [7, 11) is 0. The molecule has 128 valence electrons. The number of Topliss-reactive ketones (excluding diaryl/α,β-unsaturated/α-hetero) is 1. The molecule has 1 rings (SSSR count). The van der Waals surface area contributed by atoms with Crippen LogP contribution in [0.3, 0.4) is 0 Å². The van der Waals surface area contributed by atoms with E-state index in [0.717, 1.165) is 31.8 Å². The number of unbranched alkanes of at least 4 members (excludes halogenated alkanes) is 1. The van der Waals surface area contributed by atoms with E-state index in [0.29, 0.717) is 18.7 Å². The third-order valence-corrected chi connectivity index (χ3v) is 4.45. The Morgan fingerprint density at radius 3 is 2.27 bits per heavy atom. The quantitative estimate of drug-likeness (QED) is 0.666. The summed E-state index contributed by atoms with van der Waals surface area (Å²) in [5.41, 5.74) is 0. The fourth-order valence-electron chi connectivity index (χ4n) is 2.95. The second-order valence-electron chi connectivity index (χ2n) is 7.31. The molecule has 0 aromatic heterocycles. The molecule has 0 spiro atoms. The van der Waals surface area contributed by atoms with Gasteiger partial charge < -0.3 is 5.32 Å². The van der Waals surface area contributed by atoms with E-state index < -0.39 is 0 Å². The van der Waals surface area contributed by atoms with Crippen molar-refractivity contribution >= 4 is 11.7 Å². The number of carbonyl (C=O) groups is 2. The molecule has 0 atom stereocenters. The highest BCUT2D eigenvalue weighted by Gasteiger charge is 2.21. The normalized spacial score (nSPS) is 17.2. The fourth-order valence-corrected chi connectivity index (χ4v) is 2.95. The first-order valence-electron chi connectivity index (χ1n) is 8.93. The van der Waals surface area contributed by atoms with Gasteiger partial charge in [-0.2, -0.15) is 0 Å². The van der Waals surface area contributed by atoms with Gasteiger partial charge in [-0.15, -0.1) is 0 Å². The van der Waals surface area contributed by atoms with E-state index in [9.17, 15) is 9.59 Å². The number of carbonyl (C=O) groups excluding carboxylic acids is 2. The number of hydrogen-bond acceptors (Lipinski definition) is 3. The van der Waals surface area contributed by atoms with Crippen LogP contribution in [0.15, 0.2) is 0 Å². The Morgan fingerprint density at radius 1 is 1.09 bits per heavy atom. The number of piperidine rings is 1. The van der Waals surface area contributed by atoms with Crippen LogP contribution in [-0.4, -0.2) is 42.3 Å². The Kier molecular flexibility index (Phi) is 8.69. The SMILES string of the molecule is CC(C)NC(=O)CCCCC1CCN(CC(=O)C(C)C)CC1. The van der Waals surface area contributed by atoms with E-state index in [1.165, 1.54) is 19.3 Å². The average molecular weight is 310 g/mol. The molecule has 1 aliphatic rings. The number of rotatable bonds is 9. The van der Waals surface area contributed by atoms with Crippen LogP contribution in [0.1, 0.15) is 66.2 Å². The van der Waals surface area contributed by atoms with Gasteiger partial charge in [-0.3, -0.25) is 14.5 Å². The Morgan fingerprint density at radius 2 is 1.73 bits per heavy atom. The van der Waals surface area contributed by atoms with Gasteiger partial charge in [0.25, 0.3) is 0 Å². The lowest BCUT2D eigenvalue weighted by atomic mass is 9.91. The zero-order valence-electron chi connectivity index (χ0n) is 14.9. The molecule has 0 radical (unpaired) electrons. The number of nitrogens with zero attached hydrogens (tertiary/aromatic N) is 1. The van der Waals surface area contributed by atoms with Crippen molar-refractivity contribution in [3.8, 4) is 0 Å². The molecule has 1 amide bonds. The number of ketones is 1. The summed E-state index contributed by atoms with van der Waals surface area (Å²) in [5.74, 6) is 1.46. The summed E-state index contributed by atoms with van der Waals surface area (Å²) in [5, 5.41) is 2.94. The number of likely N-dealkylation sites (tertiary alicyclic amines) is 1. The van der Waals surface area contributed by atoms with Gasteiger partial charge in [-0.25, -0.2) is 0 Å². The zero-order valence-corrected chi connectivity index (χ0v) is 14.9.